The van der Waals surface area contributed by atoms with Gasteiger partial charge in [-0.2, -0.15) is 0 Å². The lowest BCUT2D eigenvalue weighted by Crippen LogP contribution is -2.46. The summed E-state index contributed by atoms with van der Waals surface area (Å²) in [7, 11) is 0. The summed E-state index contributed by atoms with van der Waals surface area (Å²) in [6, 6.07) is 2.95. The number of ether oxygens (including phenoxy) is 2. The lowest BCUT2D eigenvalue weighted by Gasteiger charge is -2.32. The van der Waals surface area contributed by atoms with E-state index >= 15 is 0 Å². The van der Waals surface area contributed by atoms with Gasteiger partial charge in [0.05, 0.1) is 4.47 Å². The predicted octanol–water partition coefficient (Wildman–Crippen LogP) is 4.61. The molecule has 0 radical (unpaired) electrons. The van der Waals surface area contributed by atoms with Crippen LogP contribution in [0.25, 0.3) is 0 Å². The summed E-state index contributed by atoms with van der Waals surface area (Å²) in [5, 5.41) is 3.23. The van der Waals surface area contributed by atoms with Crippen LogP contribution in [0.15, 0.2) is 16.6 Å². The van der Waals surface area contributed by atoms with Crippen LogP contribution < -0.4 is 10.1 Å². The van der Waals surface area contributed by atoms with Gasteiger partial charge in [0.15, 0.2) is 11.6 Å². The third-order valence-electron chi connectivity index (χ3n) is 3.93. The second kappa shape index (κ2) is 9.24. The summed E-state index contributed by atoms with van der Waals surface area (Å²) in [5.41, 5.74) is -0.493. The Hall–Kier alpha value is -1.05. The molecule has 5 nitrogen and oxygen atoms in total. The van der Waals surface area contributed by atoms with Crippen molar-refractivity contribution >= 4 is 33.6 Å². The van der Waals surface area contributed by atoms with Crippen molar-refractivity contribution in [1.29, 1.82) is 0 Å². The molecule has 2 rings (SSSR count). The average Bonchev–Trinajstić information content (AvgIpc) is 2.49. The molecular weight excluding hydrogens is 427 g/mol. The van der Waals surface area contributed by atoms with Gasteiger partial charge >= 0.3 is 6.09 Å². The molecule has 1 aliphatic rings. The standard InChI is InChI=1S/C18H25BrClFN2O3/c1-18(2,3)26-17(24)22-13-4-6-23(7-5-13)8-9-25-16-14(19)10-12(20)11-15(16)21/h10-11,13H,4-9H2,1-3H3,(H,22,24). The number of likely N-dealkylation sites (tertiary alicyclic amines) is 1. The first-order valence-electron chi connectivity index (χ1n) is 8.63. The number of carbonyl (C=O) groups is 1. The first-order chi connectivity index (χ1) is 12.1. The van der Waals surface area contributed by atoms with Crippen molar-refractivity contribution in [2.24, 2.45) is 0 Å². The number of benzene rings is 1. The topological polar surface area (TPSA) is 50.8 Å². The third-order valence-corrected chi connectivity index (χ3v) is 4.73. The molecule has 146 valence electrons. The van der Waals surface area contributed by atoms with Crippen molar-refractivity contribution < 1.29 is 18.7 Å². The number of amides is 1. The molecule has 0 bridgehead atoms. The van der Waals surface area contributed by atoms with Crippen LogP contribution in [0.2, 0.25) is 5.02 Å². The second-order valence-corrected chi connectivity index (χ2v) is 8.60. The quantitative estimate of drug-likeness (QED) is 0.710. The normalized spacial score (nSPS) is 16.4. The summed E-state index contributed by atoms with van der Waals surface area (Å²) in [6.07, 6.45) is 1.32. The van der Waals surface area contributed by atoms with Gasteiger partial charge in [0.25, 0.3) is 0 Å². The average molecular weight is 452 g/mol. The van der Waals surface area contributed by atoms with E-state index in [0.717, 1.165) is 25.9 Å². The molecule has 26 heavy (non-hydrogen) atoms. The predicted molar refractivity (Wildman–Crippen MR) is 103 cm³/mol. The largest absolute Gasteiger partial charge is 0.488 e. The van der Waals surface area contributed by atoms with Crippen molar-refractivity contribution in [2.75, 3.05) is 26.2 Å². The fraction of sp³-hybridized carbons (Fsp3) is 0.611. The molecule has 1 fully saturated rings. The number of carbonyl (C=O) groups excluding carboxylic acids is 1. The Balaban J connectivity index is 1.70. The van der Waals surface area contributed by atoms with E-state index in [1.54, 1.807) is 6.07 Å². The fourth-order valence-electron chi connectivity index (χ4n) is 2.72. The van der Waals surface area contributed by atoms with Crippen molar-refractivity contribution in [3.8, 4) is 5.75 Å². The van der Waals surface area contributed by atoms with Crippen LogP contribution >= 0.6 is 27.5 Å². The van der Waals surface area contributed by atoms with Crippen LogP contribution in [0.1, 0.15) is 33.6 Å². The molecule has 0 unspecified atom stereocenters. The first kappa shape index (κ1) is 21.3. The molecule has 0 spiro atoms. The minimum absolute atomic E-state index is 0.116. The van der Waals surface area contributed by atoms with Crippen LogP contribution in [0.4, 0.5) is 9.18 Å². The Morgan fingerprint density at radius 1 is 1.38 bits per heavy atom. The molecule has 0 atom stereocenters. The van der Waals surface area contributed by atoms with Gasteiger partial charge in [0.1, 0.15) is 12.2 Å². The van der Waals surface area contributed by atoms with E-state index in [4.69, 9.17) is 21.1 Å². The van der Waals surface area contributed by atoms with E-state index in [1.165, 1.54) is 6.07 Å². The highest BCUT2D eigenvalue weighted by Crippen LogP contribution is 2.31. The van der Waals surface area contributed by atoms with Gasteiger partial charge in [-0.15, -0.1) is 0 Å². The Morgan fingerprint density at radius 2 is 2.04 bits per heavy atom. The molecule has 1 heterocycles. The van der Waals surface area contributed by atoms with Crippen molar-refractivity contribution in [2.45, 2.75) is 45.3 Å². The summed E-state index contributed by atoms with van der Waals surface area (Å²) in [5.74, 6) is -0.305. The lowest BCUT2D eigenvalue weighted by molar-refractivity contribution is 0.0476. The lowest BCUT2D eigenvalue weighted by atomic mass is 10.1. The zero-order valence-corrected chi connectivity index (χ0v) is 17.6. The van der Waals surface area contributed by atoms with Gasteiger partial charge in [0, 0.05) is 30.7 Å². The SMILES string of the molecule is CC(C)(C)OC(=O)NC1CCN(CCOc2c(F)cc(Cl)cc2Br)CC1. The van der Waals surface area contributed by atoms with Crippen LogP contribution in [-0.4, -0.2) is 48.9 Å². The van der Waals surface area contributed by atoms with Crippen LogP contribution in [-0.2, 0) is 4.74 Å². The Morgan fingerprint density at radius 3 is 2.62 bits per heavy atom. The van der Waals surface area contributed by atoms with Gasteiger partial charge in [-0.1, -0.05) is 11.6 Å². The minimum Gasteiger partial charge on any atom is -0.488 e. The maximum Gasteiger partial charge on any atom is 0.407 e. The summed E-state index contributed by atoms with van der Waals surface area (Å²) >= 11 is 9.05. The second-order valence-electron chi connectivity index (χ2n) is 7.31. The smallest absolute Gasteiger partial charge is 0.407 e. The molecule has 1 saturated heterocycles. The molecule has 0 saturated carbocycles. The Kier molecular flexibility index (Phi) is 7.55. The maximum atomic E-state index is 13.9. The first-order valence-corrected chi connectivity index (χ1v) is 9.80. The molecule has 1 aromatic rings. The summed E-state index contributed by atoms with van der Waals surface area (Å²) < 4.78 is 25.2. The third kappa shape index (κ3) is 6.93. The van der Waals surface area contributed by atoms with Gasteiger partial charge in [-0.05, 0) is 61.7 Å². The van der Waals surface area contributed by atoms with Gasteiger partial charge < -0.3 is 14.8 Å². The van der Waals surface area contributed by atoms with Gasteiger partial charge in [-0.25, -0.2) is 9.18 Å². The number of nitrogens with zero attached hydrogens (tertiary/aromatic N) is 1. The van der Waals surface area contributed by atoms with Crippen LogP contribution in [0.5, 0.6) is 5.75 Å². The van der Waals surface area contributed by atoms with E-state index in [2.05, 4.69) is 26.1 Å². The highest BCUT2D eigenvalue weighted by Gasteiger charge is 2.23. The van der Waals surface area contributed by atoms with E-state index in [-0.39, 0.29) is 17.9 Å². The zero-order chi connectivity index (χ0) is 19.3. The number of hydrogen-bond acceptors (Lipinski definition) is 4. The Labute approximate surface area is 167 Å². The number of rotatable bonds is 5. The molecule has 0 aliphatic carbocycles. The van der Waals surface area contributed by atoms with Crippen molar-refractivity contribution in [1.82, 2.24) is 10.2 Å². The van der Waals surface area contributed by atoms with E-state index < -0.39 is 11.4 Å². The van der Waals surface area contributed by atoms with Crippen molar-refractivity contribution in [3.05, 3.63) is 27.4 Å². The summed E-state index contributed by atoms with van der Waals surface area (Å²) in [4.78, 5) is 14.0. The number of hydrogen-bond donors (Lipinski definition) is 1. The van der Waals surface area contributed by atoms with Gasteiger partial charge in [-0.3, -0.25) is 4.90 Å². The van der Waals surface area contributed by atoms with E-state index in [0.29, 0.717) is 22.6 Å². The zero-order valence-electron chi connectivity index (χ0n) is 15.3. The van der Waals surface area contributed by atoms with E-state index in [1.807, 2.05) is 20.8 Å². The van der Waals surface area contributed by atoms with Gasteiger partial charge in [0.2, 0.25) is 0 Å². The maximum absolute atomic E-state index is 13.9. The molecule has 1 aromatic carbocycles. The molecule has 0 aromatic heterocycles. The monoisotopic (exact) mass is 450 g/mol. The molecule has 1 amide bonds. The summed E-state index contributed by atoms with van der Waals surface area (Å²) in [6.45, 7) is 8.28. The fourth-order valence-corrected chi connectivity index (χ4v) is 3.61. The number of piperidine rings is 1. The van der Waals surface area contributed by atoms with Crippen LogP contribution in [0, 0.1) is 5.82 Å². The van der Waals surface area contributed by atoms with E-state index in [9.17, 15) is 9.18 Å². The minimum atomic E-state index is -0.493. The highest BCUT2D eigenvalue weighted by molar-refractivity contribution is 9.10. The number of alkyl carbamates (subject to hydrolysis) is 1. The molecule has 1 aliphatic heterocycles. The molecular formula is C18H25BrClFN2O3. The van der Waals surface area contributed by atoms with Crippen molar-refractivity contribution in [3.63, 3.8) is 0 Å². The Bertz CT molecular complexity index is 608. The highest BCUT2D eigenvalue weighted by atomic mass is 79.9. The number of nitrogens with one attached hydrogen (secondary N) is 1. The van der Waals surface area contributed by atoms with Crippen LogP contribution in [0.3, 0.4) is 0 Å². The number of halogens is 3. The molecule has 1 N–H and O–H groups in total. The molecule has 8 heteroatoms.